The molecule has 0 aliphatic rings. The van der Waals surface area contributed by atoms with Gasteiger partial charge < -0.3 is 9.84 Å². The molecule has 0 aliphatic heterocycles. The number of carbonyl (C=O) groups is 2. The molecular formula is C25H32O4S. The number of ether oxygens (including phenoxy) is 1. The van der Waals surface area contributed by atoms with Gasteiger partial charge in [-0.2, -0.15) is 0 Å². The van der Waals surface area contributed by atoms with Crippen molar-refractivity contribution in [2.24, 2.45) is 0 Å². The molecule has 0 radical (unpaired) electrons. The van der Waals surface area contributed by atoms with Crippen LogP contribution in [0, 0.1) is 27.7 Å². The van der Waals surface area contributed by atoms with E-state index in [1.807, 2.05) is 39.8 Å². The van der Waals surface area contributed by atoms with Gasteiger partial charge in [0, 0.05) is 17.1 Å². The molecule has 5 heteroatoms. The lowest BCUT2D eigenvalue weighted by atomic mass is 9.82. The molecule has 2 rings (SSSR count). The van der Waals surface area contributed by atoms with Crippen LogP contribution in [0.25, 0.3) is 0 Å². The number of carbonyl (C=O) groups excluding carboxylic acids is 2. The highest BCUT2D eigenvalue weighted by Crippen LogP contribution is 2.31. The fraction of sp³-hybridized carbons (Fsp3) is 0.440. The Hall–Kier alpha value is -2.11. The highest BCUT2D eigenvalue weighted by molar-refractivity contribution is 7.99. The van der Waals surface area contributed by atoms with Crippen LogP contribution in [-0.4, -0.2) is 35.3 Å². The first-order valence-corrected chi connectivity index (χ1v) is 11.1. The SMILES string of the molecule is COC(=O)C(C(=O)CC(C)(O)CCSc1ccc(C)cc1)c1c(C)cc(C)cc1C. The fourth-order valence-electron chi connectivity index (χ4n) is 3.76. The van der Waals surface area contributed by atoms with Gasteiger partial charge in [-0.25, -0.2) is 0 Å². The molecule has 0 saturated carbocycles. The summed E-state index contributed by atoms with van der Waals surface area (Å²) >= 11 is 1.64. The minimum Gasteiger partial charge on any atom is -0.468 e. The van der Waals surface area contributed by atoms with Gasteiger partial charge in [0.2, 0.25) is 0 Å². The highest BCUT2D eigenvalue weighted by atomic mass is 32.2. The molecule has 2 aromatic rings. The van der Waals surface area contributed by atoms with Crippen molar-refractivity contribution < 1.29 is 19.4 Å². The summed E-state index contributed by atoms with van der Waals surface area (Å²) in [6.45, 7) is 9.48. The lowest BCUT2D eigenvalue weighted by molar-refractivity contribution is -0.146. The van der Waals surface area contributed by atoms with E-state index in [0.717, 1.165) is 21.6 Å². The number of thioether (sulfide) groups is 1. The summed E-state index contributed by atoms with van der Waals surface area (Å²) in [5.41, 5.74) is 3.52. The number of ketones is 1. The van der Waals surface area contributed by atoms with Crippen molar-refractivity contribution in [3.8, 4) is 0 Å². The molecule has 0 amide bonds. The zero-order chi connectivity index (χ0) is 22.5. The Kier molecular flexibility index (Phi) is 8.27. The number of methoxy groups -OCH3 is 1. The van der Waals surface area contributed by atoms with Gasteiger partial charge in [-0.05, 0) is 69.9 Å². The van der Waals surface area contributed by atoms with E-state index in [-0.39, 0.29) is 12.2 Å². The van der Waals surface area contributed by atoms with Gasteiger partial charge in [0.15, 0.2) is 5.78 Å². The van der Waals surface area contributed by atoms with Gasteiger partial charge in [-0.15, -0.1) is 11.8 Å². The second kappa shape index (κ2) is 10.3. The zero-order valence-corrected chi connectivity index (χ0v) is 19.6. The second-order valence-electron chi connectivity index (χ2n) is 8.32. The number of benzene rings is 2. The predicted molar refractivity (Wildman–Crippen MR) is 122 cm³/mol. The molecule has 4 nitrogen and oxygen atoms in total. The van der Waals surface area contributed by atoms with Crippen LogP contribution in [0.15, 0.2) is 41.3 Å². The van der Waals surface area contributed by atoms with E-state index in [1.54, 1.807) is 18.7 Å². The number of hydrogen-bond donors (Lipinski definition) is 1. The first-order valence-electron chi connectivity index (χ1n) is 10.1. The van der Waals surface area contributed by atoms with Gasteiger partial charge in [-0.3, -0.25) is 9.59 Å². The van der Waals surface area contributed by atoms with Crippen LogP contribution in [0.2, 0.25) is 0 Å². The zero-order valence-electron chi connectivity index (χ0n) is 18.7. The number of aliphatic hydroxyl groups is 1. The second-order valence-corrected chi connectivity index (χ2v) is 9.49. The molecular weight excluding hydrogens is 396 g/mol. The van der Waals surface area contributed by atoms with Crippen LogP contribution < -0.4 is 0 Å². The van der Waals surface area contributed by atoms with Crippen molar-refractivity contribution in [2.45, 2.75) is 63.9 Å². The van der Waals surface area contributed by atoms with Crippen LogP contribution >= 0.6 is 11.8 Å². The maximum atomic E-state index is 13.2. The Morgan fingerprint density at radius 1 is 1.03 bits per heavy atom. The molecule has 162 valence electrons. The van der Waals surface area contributed by atoms with E-state index < -0.39 is 17.5 Å². The van der Waals surface area contributed by atoms with Gasteiger partial charge in [-0.1, -0.05) is 35.4 Å². The molecule has 0 spiro atoms. The molecule has 0 heterocycles. The molecule has 0 aliphatic carbocycles. The van der Waals surface area contributed by atoms with Crippen molar-refractivity contribution in [3.63, 3.8) is 0 Å². The van der Waals surface area contributed by atoms with E-state index >= 15 is 0 Å². The predicted octanol–water partition coefficient (Wildman–Crippen LogP) is 5.07. The summed E-state index contributed by atoms with van der Waals surface area (Å²) in [6.07, 6.45) is 0.338. The van der Waals surface area contributed by atoms with E-state index in [0.29, 0.717) is 17.7 Å². The monoisotopic (exact) mass is 428 g/mol. The normalized spacial score (nSPS) is 14.1. The number of esters is 1. The number of Topliss-reactive ketones (excluding diaryl/α,β-unsaturated/α-hetero) is 1. The van der Waals surface area contributed by atoms with E-state index in [4.69, 9.17) is 4.74 Å². The summed E-state index contributed by atoms with van der Waals surface area (Å²) in [5, 5.41) is 10.9. The molecule has 0 saturated heterocycles. The molecule has 2 unspecified atom stereocenters. The van der Waals surface area contributed by atoms with Crippen molar-refractivity contribution >= 4 is 23.5 Å². The van der Waals surface area contributed by atoms with Gasteiger partial charge in [0.25, 0.3) is 0 Å². The minimum absolute atomic E-state index is 0.103. The maximum Gasteiger partial charge on any atom is 0.320 e. The Labute approximate surface area is 184 Å². The minimum atomic E-state index is -1.20. The van der Waals surface area contributed by atoms with Gasteiger partial charge in [0.1, 0.15) is 5.92 Å². The molecule has 30 heavy (non-hydrogen) atoms. The Morgan fingerprint density at radius 2 is 1.60 bits per heavy atom. The third-order valence-electron chi connectivity index (χ3n) is 5.27. The van der Waals surface area contributed by atoms with Gasteiger partial charge >= 0.3 is 5.97 Å². The summed E-state index contributed by atoms with van der Waals surface area (Å²) in [7, 11) is 1.29. The van der Waals surface area contributed by atoms with Crippen LogP contribution in [-0.2, 0) is 14.3 Å². The summed E-state index contributed by atoms with van der Waals surface area (Å²) in [4.78, 5) is 26.8. The van der Waals surface area contributed by atoms with Crippen molar-refractivity contribution in [1.82, 2.24) is 0 Å². The molecule has 2 aromatic carbocycles. The molecule has 2 atom stereocenters. The molecule has 0 bridgehead atoms. The summed E-state index contributed by atoms with van der Waals surface area (Å²) < 4.78 is 4.95. The van der Waals surface area contributed by atoms with Crippen LogP contribution in [0.3, 0.4) is 0 Å². The Balaban J connectivity index is 2.12. The average molecular weight is 429 g/mol. The van der Waals surface area contributed by atoms with Crippen LogP contribution in [0.1, 0.15) is 53.5 Å². The lowest BCUT2D eigenvalue weighted by Gasteiger charge is -2.26. The van der Waals surface area contributed by atoms with Crippen molar-refractivity contribution in [1.29, 1.82) is 0 Å². The summed E-state index contributed by atoms with van der Waals surface area (Å²) in [5.74, 6) is -1.25. The first-order chi connectivity index (χ1) is 14.0. The topological polar surface area (TPSA) is 63.6 Å². The third-order valence-corrected chi connectivity index (χ3v) is 6.28. The van der Waals surface area contributed by atoms with E-state index in [1.165, 1.54) is 12.7 Å². The van der Waals surface area contributed by atoms with Crippen LogP contribution in [0.4, 0.5) is 0 Å². The largest absolute Gasteiger partial charge is 0.468 e. The quantitative estimate of drug-likeness (QED) is 0.343. The first kappa shape index (κ1) is 24.2. The van der Waals surface area contributed by atoms with Crippen molar-refractivity contribution in [2.75, 3.05) is 12.9 Å². The van der Waals surface area contributed by atoms with Crippen LogP contribution in [0.5, 0.6) is 0 Å². The van der Waals surface area contributed by atoms with E-state index in [2.05, 4.69) is 24.3 Å². The Morgan fingerprint density at radius 3 is 2.13 bits per heavy atom. The van der Waals surface area contributed by atoms with Gasteiger partial charge in [0.05, 0.1) is 12.7 Å². The lowest BCUT2D eigenvalue weighted by Crippen LogP contribution is -2.34. The summed E-state index contributed by atoms with van der Waals surface area (Å²) in [6, 6.07) is 12.1. The Bertz CT molecular complexity index is 877. The maximum absolute atomic E-state index is 13.2. The number of aryl methyl sites for hydroxylation is 4. The number of hydrogen-bond acceptors (Lipinski definition) is 5. The third kappa shape index (κ3) is 6.44. The van der Waals surface area contributed by atoms with Crippen molar-refractivity contribution in [3.05, 3.63) is 64.2 Å². The fourth-order valence-corrected chi connectivity index (χ4v) is 4.87. The molecule has 0 fully saturated rings. The highest BCUT2D eigenvalue weighted by Gasteiger charge is 2.36. The number of rotatable bonds is 9. The molecule has 0 aromatic heterocycles. The smallest absolute Gasteiger partial charge is 0.320 e. The standard InChI is InChI=1S/C25H32O4S/c1-16-7-9-20(10-8-16)30-12-11-25(5,28)15-21(26)23(24(27)29-6)22-18(3)13-17(2)14-19(22)4/h7-10,13-14,23,28H,11-12,15H2,1-6H3. The average Bonchev–Trinajstić information content (AvgIpc) is 2.64. The molecule has 1 N–H and O–H groups in total. The van der Waals surface area contributed by atoms with E-state index in [9.17, 15) is 14.7 Å².